The summed E-state index contributed by atoms with van der Waals surface area (Å²) in [6.45, 7) is 20.6. The molecule has 4 aliphatic carbocycles. The van der Waals surface area contributed by atoms with E-state index in [-0.39, 0.29) is 42.7 Å². The standard InChI is InChI=1S/C64H64N4O.Pt/c1-61(2,3)45-16-12-15-44(30-45)53-20-14-22-57-60(53)67(50-32-47(62(4,5)6)31-48(33-50)63(7,8)9)40-66(57)49-17-13-18-51(35-49)69-52-23-24-55-54-19-10-11-21-56(54)68(58(55)36-52)59-34-46(25-26-65-59)64-37-41-27-42(38-64)29-43(28-41)39-64;/h10-26,30-34,41-43H,27-29,37-39H2,1-9H3;/q;+2. The van der Waals surface area contributed by atoms with Crippen LogP contribution in [-0.2, 0) is 42.7 Å². The largest absolute Gasteiger partial charge is 2.00 e. The average molecular weight is 1100 g/mol. The van der Waals surface area contributed by atoms with E-state index in [0.29, 0.717) is 11.5 Å². The van der Waals surface area contributed by atoms with Gasteiger partial charge in [0.2, 0.25) is 5.69 Å². The first-order valence-corrected chi connectivity index (χ1v) is 25.4. The summed E-state index contributed by atoms with van der Waals surface area (Å²) in [5, 5.41) is 2.31. The third kappa shape index (κ3) is 8.12. The molecule has 0 amide bonds. The first-order valence-electron chi connectivity index (χ1n) is 25.4. The third-order valence-electron chi connectivity index (χ3n) is 16.0. The van der Waals surface area contributed by atoms with Gasteiger partial charge >= 0.3 is 32.8 Å². The van der Waals surface area contributed by atoms with Crippen molar-refractivity contribution in [2.45, 2.75) is 122 Å². The second kappa shape index (κ2) is 16.9. The number of aromatic nitrogens is 2. The fourth-order valence-electron chi connectivity index (χ4n) is 12.8. The van der Waals surface area contributed by atoms with Gasteiger partial charge in [-0.1, -0.05) is 139 Å². The van der Waals surface area contributed by atoms with Crippen LogP contribution in [0.1, 0.15) is 123 Å². The first-order chi connectivity index (χ1) is 33.0. The Morgan fingerprint density at radius 1 is 0.614 bits per heavy atom. The molecule has 0 radical (unpaired) electrons. The van der Waals surface area contributed by atoms with Gasteiger partial charge in [-0.05, 0) is 140 Å². The summed E-state index contributed by atoms with van der Waals surface area (Å²) in [6.07, 6.45) is 10.3. The maximum atomic E-state index is 6.79. The minimum Gasteiger partial charge on any atom is -0.509 e. The van der Waals surface area contributed by atoms with Crippen molar-refractivity contribution >= 4 is 50.6 Å². The molecule has 0 atom stereocenters. The number of pyridine rings is 1. The van der Waals surface area contributed by atoms with Gasteiger partial charge in [-0.25, -0.2) is 4.98 Å². The number of hydrogen-bond donors (Lipinski definition) is 0. The van der Waals surface area contributed by atoms with Crippen LogP contribution < -0.4 is 13.9 Å². The van der Waals surface area contributed by atoms with Crippen molar-refractivity contribution in [3.8, 4) is 28.4 Å². The van der Waals surface area contributed by atoms with E-state index in [0.717, 1.165) is 68.3 Å². The summed E-state index contributed by atoms with van der Waals surface area (Å²) < 4.78 is 13.5. The van der Waals surface area contributed by atoms with E-state index in [2.05, 4.69) is 209 Å². The number of fused-ring (bicyclic) bond motifs is 4. The fourth-order valence-corrected chi connectivity index (χ4v) is 12.8. The second-order valence-corrected chi connectivity index (χ2v) is 24.1. The molecule has 354 valence electrons. The summed E-state index contributed by atoms with van der Waals surface area (Å²) in [4.78, 5) is 5.08. The van der Waals surface area contributed by atoms with Crippen LogP contribution >= 0.6 is 0 Å². The molecule has 0 saturated heterocycles. The summed E-state index contributed by atoms with van der Waals surface area (Å²) in [7, 11) is 0. The van der Waals surface area contributed by atoms with Gasteiger partial charge in [0.1, 0.15) is 11.5 Å². The molecule has 4 bridgehead atoms. The molecule has 0 unspecified atom stereocenters. The zero-order valence-electron chi connectivity index (χ0n) is 42.2. The molecule has 70 heavy (non-hydrogen) atoms. The number of hydrogen-bond acceptors (Lipinski definition) is 2. The van der Waals surface area contributed by atoms with E-state index < -0.39 is 0 Å². The summed E-state index contributed by atoms with van der Waals surface area (Å²) >= 11 is 0. The van der Waals surface area contributed by atoms with Crippen LogP contribution in [0.4, 0.5) is 22.7 Å². The maximum absolute atomic E-state index is 6.79. The Bertz CT molecular complexity index is 3390. The molecule has 13 rings (SSSR count). The van der Waals surface area contributed by atoms with Crippen LogP contribution in [0.5, 0.6) is 11.5 Å². The zero-order chi connectivity index (χ0) is 47.6. The molecule has 4 fully saturated rings. The number of nitrogens with zero attached hydrogens (tertiary/aromatic N) is 4. The molecule has 6 heteroatoms. The van der Waals surface area contributed by atoms with Crippen LogP contribution in [-0.4, -0.2) is 15.6 Å². The minimum absolute atomic E-state index is 0. The van der Waals surface area contributed by atoms with Gasteiger partial charge in [-0.3, -0.25) is 0 Å². The molecule has 5 nitrogen and oxygen atoms in total. The minimum atomic E-state index is -0.0543. The normalized spacial score (nSPS) is 20.6. The van der Waals surface area contributed by atoms with E-state index in [4.69, 9.17) is 9.72 Å². The van der Waals surface area contributed by atoms with Crippen LogP contribution in [0.25, 0.3) is 38.8 Å². The van der Waals surface area contributed by atoms with Crippen LogP contribution in [0.15, 0.2) is 134 Å². The van der Waals surface area contributed by atoms with Gasteiger partial charge in [0, 0.05) is 41.4 Å². The summed E-state index contributed by atoms with van der Waals surface area (Å²) in [5.74, 6) is 4.81. The average Bonchev–Trinajstić information content (AvgIpc) is 3.87. The van der Waals surface area contributed by atoms with Gasteiger partial charge in [-0.15, -0.1) is 23.6 Å². The molecule has 2 aromatic heterocycles. The Morgan fingerprint density at radius 3 is 1.97 bits per heavy atom. The maximum Gasteiger partial charge on any atom is 2.00 e. The third-order valence-corrected chi connectivity index (χ3v) is 16.0. The Balaban J connectivity index is 0.00000533. The Labute approximate surface area is 429 Å². The van der Waals surface area contributed by atoms with Crippen LogP contribution in [0, 0.1) is 29.9 Å². The van der Waals surface area contributed by atoms with Crippen molar-refractivity contribution in [3.05, 3.63) is 168 Å². The van der Waals surface area contributed by atoms with Gasteiger partial charge in [0.05, 0.1) is 5.56 Å². The summed E-state index contributed by atoms with van der Waals surface area (Å²) in [6, 6.07) is 57.7. The van der Waals surface area contributed by atoms with Crippen molar-refractivity contribution in [3.63, 3.8) is 0 Å². The predicted octanol–water partition coefficient (Wildman–Crippen LogP) is 16.5. The van der Waals surface area contributed by atoms with E-state index >= 15 is 0 Å². The van der Waals surface area contributed by atoms with Gasteiger partial charge in [0.25, 0.3) is 5.69 Å². The van der Waals surface area contributed by atoms with Gasteiger partial charge in [0.15, 0.2) is 0 Å². The van der Waals surface area contributed by atoms with Crippen molar-refractivity contribution < 1.29 is 25.8 Å². The molecule has 3 heterocycles. The van der Waals surface area contributed by atoms with Crippen molar-refractivity contribution in [2.24, 2.45) is 17.8 Å². The molecular weight excluding hydrogens is 1040 g/mol. The molecule has 4 saturated carbocycles. The van der Waals surface area contributed by atoms with Crippen LogP contribution in [0.3, 0.4) is 0 Å². The number of ether oxygens (including phenoxy) is 1. The van der Waals surface area contributed by atoms with E-state index in [1.165, 1.54) is 71.7 Å². The first kappa shape index (κ1) is 46.5. The Kier molecular flexibility index (Phi) is 11.2. The number of rotatable bonds is 7. The van der Waals surface area contributed by atoms with Crippen molar-refractivity contribution in [2.75, 3.05) is 0 Å². The Morgan fingerprint density at radius 2 is 1.27 bits per heavy atom. The summed E-state index contributed by atoms with van der Waals surface area (Å²) in [5.41, 5.74) is 14.0. The molecule has 5 aliphatic rings. The van der Waals surface area contributed by atoms with Crippen molar-refractivity contribution in [1.29, 1.82) is 0 Å². The molecule has 0 N–H and O–H groups in total. The van der Waals surface area contributed by atoms with Gasteiger partial charge in [-0.2, -0.15) is 12.1 Å². The van der Waals surface area contributed by atoms with Crippen LogP contribution in [0.2, 0.25) is 0 Å². The number of benzene rings is 6. The van der Waals surface area contributed by atoms with E-state index in [9.17, 15) is 0 Å². The molecule has 6 aromatic carbocycles. The topological polar surface area (TPSA) is 33.1 Å². The predicted molar refractivity (Wildman–Crippen MR) is 285 cm³/mol. The monoisotopic (exact) mass is 1100 g/mol. The zero-order valence-corrected chi connectivity index (χ0v) is 44.5. The molecule has 0 spiro atoms. The molecule has 8 aromatic rings. The van der Waals surface area contributed by atoms with Gasteiger partial charge < -0.3 is 9.30 Å². The fraction of sp³-hybridized carbons (Fsp3) is 0.344. The van der Waals surface area contributed by atoms with E-state index in [1.807, 2.05) is 18.3 Å². The SMILES string of the molecule is CC(C)(C)c1cccc(-c2cccc3c2[N+](c2cc(C(C)(C)C)cc(C(C)(C)C)c2)=C=[N+]3c2[c-]c(Oc3[c-]c4c(cc3)c3ccccc3n4-c3cc(C45CC6CC(CC(C6)C4)C5)ccn3)ccc2)c1.[Pt+2]. The smallest absolute Gasteiger partial charge is 0.509 e. The van der Waals surface area contributed by atoms with E-state index in [1.54, 1.807) is 0 Å². The molecular formula is C64H64N4OPt+2. The Hall–Kier alpha value is -5.86. The second-order valence-electron chi connectivity index (χ2n) is 24.1. The molecule has 1 aliphatic heterocycles. The number of para-hydroxylation sites is 2. The van der Waals surface area contributed by atoms with Crippen molar-refractivity contribution in [1.82, 2.24) is 18.7 Å². The quantitative estimate of drug-likeness (QED) is 0.118.